The van der Waals surface area contributed by atoms with Crippen molar-refractivity contribution in [2.45, 2.75) is 31.2 Å². The van der Waals surface area contributed by atoms with Crippen LogP contribution in [0.3, 0.4) is 0 Å². The molecule has 1 aliphatic heterocycles. The lowest BCUT2D eigenvalue weighted by Crippen LogP contribution is -2.40. The first kappa shape index (κ1) is 12.2. The Bertz CT molecular complexity index is 383. The molecule has 1 N–H and O–H groups in total. The van der Waals surface area contributed by atoms with Crippen molar-refractivity contribution in [2.75, 3.05) is 6.54 Å². The van der Waals surface area contributed by atoms with Gasteiger partial charge in [-0.05, 0) is 18.1 Å². The summed E-state index contributed by atoms with van der Waals surface area (Å²) in [6.07, 6.45) is 1.07. The molecule has 1 aliphatic rings. The molecule has 0 bridgehead atoms. The molecule has 4 heteroatoms. The van der Waals surface area contributed by atoms with Gasteiger partial charge in [-0.15, -0.1) is 11.6 Å². The van der Waals surface area contributed by atoms with E-state index in [0.29, 0.717) is 13.0 Å². The molecule has 0 radical (unpaired) electrons. The molecular weight excluding hydrogens is 238 g/mol. The van der Waals surface area contributed by atoms with Crippen molar-refractivity contribution in [3.63, 3.8) is 0 Å². The number of carbonyl (C=O) groups excluding carboxylic acids is 1. The fourth-order valence-corrected chi connectivity index (χ4v) is 1.87. The minimum atomic E-state index is -0.409. The van der Waals surface area contributed by atoms with E-state index in [9.17, 15) is 4.79 Å². The van der Waals surface area contributed by atoms with Crippen molar-refractivity contribution in [3.05, 3.63) is 29.8 Å². The molecule has 3 nitrogen and oxygen atoms in total. The van der Waals surface area contributed by atoms with Crippen LogP contribution >= 0.6 is 11.6 Å². The van der Waals surface area contributed by atoms with Gasteiger partial charge < -0.3 is 10.1 Å². The number of para-hydroxylation sites is 1. The summed E-state index contributed by atoms with van der Waals surface area (Å²) in [5, 5.41) is 2.80. The van der Waals surface area contributed by atoms with Crippen LogP contribution in [-0.4, -0.2) is 23.9 Å². The van der Waals surface area contributed by atoms with Crippen molar-refractivity contribution in [1.29, 1.82) is 0 Å². The number of hydrogen-bond acceptors (Lipinski definition) is 2. The molecule has 0 fully saturated rings. The van der Waals surface area contributed by atoms with E-state index in [0.717, 1.165) is 17.7 Å². The highest BCUT2D eigenvalue weighted by Gasteiger charge is 2.28. The van der Waals surface area contributed by atoms with E-state index in [1.165, 1.54) is 0 Å². The molecule has 17 heavy (non-hydrogen) atoms. The summed E-state index contributed by atoms with van der Waals surface area (Å²) in [7, 11) is 0. The van der Waals surface area contributed by atoms with Crippen molar-refractivity contribution < 1.29 is 9.53 Å². The zero-order valence-electron chi connectivity index (χ0n) is 9.78. The Kier molecular flexibility index (Phi) is 3.89. The topological polar surface area (TPSA) is 38.3 Å². The van der Waals surface area contributed by atoms with Gasteiger partial charge in [0.25, 0.3) is 5.91 Å². The van der Waals surface area contributed by atoms with Crippen LogP contribution in [0.15, 0.2) is 24.3 Å². The largest absolute Gasteiger partial charge is 0.480 e. The zero-order chi connectivity index (χ0) is 12.3. The predicted molar refractivity (Wildman–Crippen MR) is 67.5 cm³/mol. The van der Waals surface area contributed by atoms with Crippen LogP contribution in [0.5, 0.6) is 5.75 Å². The third-order valence-corrected chi connectivity index (χ3v) is 3.34. The molecule has 0 aromatic heterocycles. The van der Waals surface area contributed by atoms with Crippen LogP contribution in [-0.2, 0) is 11.2 Å². The molecule has 1 amide bonds. The second-order valence-corrected chi connectivity index (χ2v) is 4.79. The molecule has 1 heterocycles. The number of halogens is 1. The maximum Gasteiger partial charge on any atom is 0.261 e. The minimum absolute atomic E-state index is 0.0114. The number of alkyl halides is 1. The fraction of sp³-hybridized carbons (Fsp3) is 0.462. The fourth-order valence-electron chi connectivity index (χ4n) is 1.80. The number of benzene rings is 1. The molecule has 0 saturated heterocycles. The third-order valence-electron chi connectivity index (χ3n) is 2.88. The Balaban J connectivity index is 1.88. The second-order valence-electron chi connectivity index (χ2n) is 4.17. The van der Waals surface area contributed by atoms with Gasteiger partial charge in [0.2, 0.25) is 0 Å². The van der Waals surface area contributed by atoms with Gasteiger partial charge in [0.1, 0.15) is 5.75 Å². The van der Waals surface area contributed by atoms with E-state index in [-0.39, 0.29) is 11.3 Å². The summed E-state index contributed by atoms with van der Waals surface area (Å²) < 4.78 is 5.58. The number of hydrogen-bond donors (Lipinski definition) is 1. The zero-order valence-corrected chi connectivity index (χ0v) is 10.5. The van der Waals surface area contributed by atoms with Crippen LogP contribution < -0.4 is 10.1 Å². The van der Waals surface area contributed by atoms with Crippen LogP contribution in [0.2, 0.25) is 0 Å². The summed E-state index contributed by atoms with van der Waals surface area (Å²) in [6, 6.07) is 7.73. The highest BCUT2D eigenvalue weighted by atomic mass is 35.5. The lowest BCUT2D eigenvalue weighted by Gasteiger charge is -2.13. The van der Waals surface area contributed by atoms with Crippen molar-refractivity contribution in [2.24, 2.45) is 0 Å². The van der Waals surface area contributed by atoms with E-state index in [2.05, 4.69) is 5.32 Å². The minimum Gasteiger partial charge on any atom is -0.480 e. The van der Waals surface area contributed by atoms with Gasteiger partial charge in [-0.25, -0.2) is 0 Å². The molecule has 1 aromatic carbocycles. The van der Waals surface area contributed by atoms with Gasteiger partial charge in [-0.3, -0.25) is 4.79 Å². The van der Waals surface area contributed by atoms with Gasteiger partial charge in [-0.1, -0.05) is 25.1 Å². The number of carbonyl (C=O) groups is 1. The Morgan fingerprint density at radius 3 is 3.06 bits per heavy atom. The van der Waals surface area contributed by atoms with Gasteiger partial charge in [0, 0.05) is 13.0 Å². The van der Waals surface area contributed by atoms with Crippen molar-refractivity contribution >= 4 is 17.5 Å². The molecule has 0 aliphatic carbocycles. The molecule has 0 spiro atoms. The molecule has 2 rings (SSSR count). The lowest BCUT2D eigenvalue weighted by molar-refractivity contribution is -0.127. The second kappa shape index (κ2) is 5.41. The van der Waals surface area contributed by atoms with E-state index < -0.39 is 6.10 Å². The molecule has 1 aromatic rings. The number of rotatable bonds is 4. The van der Waals surface area contributed by atoms with Crippen molar-refractivity contribution in [1.82, 2.24) is 5.32 Å². The predicted octanol–water partition coefficient (Wildman–Crippen LogP) is 2.12. The summed E-state index contributed by atoms with van der Waals surface area (Å²) in [5.41, 5.74) is 1.09. The quantitative estimate of drug-likeness (QED) is 0.835. The summed E-state index contributed by atoms with van der Waals surface area (Å²) in [6.45, 7) is 2.48. The van der Waals surface area contributed by atoms with Crippen molar-refractivity contribution in [3.8, 4) is 5.75 Å². The number of ether oxygens (including phenoxy) is 1. The van der Waals surface area contributed by atoms with Gasteiger partial charge in [0.15, 0.2) is 6.10 Å². The smallest absolute Gasteiger partial charge is 0.261 e. The van der Waals surface area contributed by atoms with Gasteiger partial charge in [0.05, 0.1) is 5.38 Å². The third kappa shape index (κ3) is 2.91. The van der Waals surface area contributed by atoms with Crippen LogP contribution in [0.25, 0.3) is 0 Å². The van der Waals surface area contributed by atoms with E-state index in [1.807, 2.05) is 31.2 Å². The van der Waals surface area contributed by atoms with Crippen LogP contribution in [0.4, 0.5) is 0 Å². The van der Waals surface area contributed by atoms with E-state index >= 15 is 0 Å². The molecular formula is C13H16ClNO2. The Hall–Kier alpha value is -1.22. The Labute approximate surface area is 106 Å². The van der Waals surface area contributed by atoms with Gasteiger partial charge >= 0.3 is 0 Å². The summed E-state index contributed by atoms with van der Waals surface area (Å²) in [5.74, 6) is 0.728. The van der Waals surface area contributed by atoms with Crippen LogP contribution in [0, 0.1) is 0 Å². The molecule has 2 unspecified atom stereocenters. The summed E-state index contributed by atoms with van der Waals surface area (Å²) in [4.78, 5) is 11.8. The number of amides is 1. The molecule has 0 saturated carbocycles. The number of nitrogens with one attached hydrogen (secondary N) is 1. The number of fused-ring (bicyclic) bond motifs is 1. The maximum absolute atomic E-state index is 11.8. The monoisotopic (exact) mass is 253 g/mol. The SMILES string of the molecule is CCC(Cl)CNC(=O)C1Cc2ccccc2O1. The standard InChI is InChI=1S/C13H16ClNO2/c1-2-10(14)8-15-13(16)12-7-9-5-3-4-6-11(9)17-12/h3-6,10,12H,2,7-8H2,1H3,(H,15,16). The normalized spacial score (nSPS) is 19.3. The van der Waals surface area contributed by atoms with Gasteiger partial charge in [-0.2, -0.15) is 0 Å². The average molecular weight is 254 g/mol. The Morgan fingerprint density at radius 2 is 2.35 bits per heavy atom. The van der Waals surface area contributed by atoms with E-state index in [4.69, 9.17) is 16.3 Å². The first-order valence-corrected chi connectivity index (χ1v) is 6.30. The highest BCUT2D eigenvalue weighted by Crippen LogP contribution is 2.28. The maximum atomic E-state index is 11.8. The van der Waals surface area contributed by atoms with E-state index in [1.54, 1.807) is 0 Å². The Morgan fingerprint density at radius 1 is 1.59 bits per heavy atom. The summed E-state index contributed by atoms with van der Waals surface area (Å²) >= 11 is 5.95. The first-order valence-electron chi connectivity index (χ1n) is 5.87. The lowest BCUT2D eigenvalue weighted by atomic mass is 10.1. The molecule has 2 atom stereocenters. The first-order chi connectivity index (χ1) is 8.20. The average Bonchev–Trinajstić information content (AvgIpc) is 2.79. The molecule has 92 valence electrons. The highest BCUT2D eigenvalue weighted by molar-refractivity contribution is 6.20. The van der Waals surface area contributed by atoms with Crippen LogP contribution in [0.1, 0.15) is 18.9 Å².